The predicted octanol–water partition coefficient (Wildman–Crippen LogP) is 1.42. The van der Waals surface area contributed by atoms with Crippen LogP contribution in [0.15, 0.2) is 22.7 Å². The highest BCUT2D eigenvalue weighted by Crippen LogP contribution is 2.22. The largest absolute Gasteiger partial charge is 0.496 e. The maximum Gasteiger partial charge on any atom is 0.236 e. The van der Waals surface area contributed by atoms with Gasteiger partial charge < -0.3 is 15.8 Å². The Kier molecular flexibility index (Phi) is 4.76. The lowest BCUT2D eigenvalue weighted by Gasteiger charge is -2.11. The Labute approximate surface area is 103 Å². The molecule has 0 fully saturated rings. The van der Waals surface area contributed by atoms with E-state index in [0.717, 1.165) is 15.8 Å². The maximum atomic E-state index is 11.3. The highest BCUT2D eigenvalue weighted by atomic mass is 79.9. The zero-order valence-corrected chi connectivity index (χ0v) is 10.9. The van der Waals surface area contributed by atoms with Crippen molar-refractivity contribution in [3.8, 4) is 5.75 Å². The number of ether oxygens (including phenoxy) is 1. The summed E-state index contributed by atoms with van der Waals surface area (Å²) < 4.78 is 6.13. The van der Waals surface area contributed by atoms with Crippen molar-refractivity contribution in [2.24, 2.45) is 5.73 Å². The van der Waals surface area contributed by atoms with Crippen LogP contribution in [-0.4, -0.2) is 19.1 Å². The van der Waals surface area contributed by atoms with Crippen LogP contribution in [0.1, 0.15) is 12.5 Å². The summed E-state index contributed by atoms with van der Waals surface area (Å²) in [6.45, 7) is 2.05. The van der Waals surface area contributed by atoms with Gasteiger partial charge in [-0.3, -0.25) is 4.79 Å². The summed E-state index contributed by atoms with van der Waals surface area (Å²) in [4.78, 5) is 11.3. The smallest absolute Gasteiger partial charge is 0.236 e. The number of rotatable bonds is 4. The monoisotopic (exact) mass is 286 g/mol. The molecule has 1 aromatic carbocycles. The van der Waals surface area contributed by atoms with Crippen molar-refractivity contribution in [1.82, 2.24) is 5.32 Å². The predicted molar refractivity (Wildman–Crippen MR) is 66.2 cm³/mol. The van der Waals surface area contributed by atoms with Crippen molar-refractivity contribution in [2.45, 2.75) is 19.5 Å². The molecule has 0 bridgehead atoms. The van der Waals surface area contributed by atoms with Crippen molar-refractivity contribution < 1.29 is 9.53 Å². The maximum absolute atomic E-state index is 11.3. The third kappa shape index (κ3) is 3.50. The van der Waals surface area contributed by atoms with Gasteiger partial charge in [-0.05, 0) is 25.1 Å². The number of nitrogens with two attached hydrogens (primary N) is 1. The number of hydrogen-bond acceptors (Lipinski definition) is 3. The molecule has 0 heterocycles. The summed E-state index contributed by atoms with van der Waals surface area (Å²) in [5, 5.41) is 2.74. The fourth-order valence-electron chi connectivity index (χ4n) is 1.23. The lowest BCUT2D eigenvalue weighted by atomic mass is 10.2. The number of carbonyl (C=O) groups is 1. The first-order valence-electron chi connectivity index (χ1n) is 4.90. The molecule has 0 saturated carbocycles. The fourth-order valence-corrected chi connectivity index (χ4v) is 1.64. The first-order valence-corrected chi connectivity index (χ1v) is 5.69. The standard InChI is InChI=1S/C11H15BrN2O2/c1-7(13)11(15)14-6-8-5-9(12)3-4-10(8)16-2/h3-5,7H,6,13H2,1-2H3,(H,14,15). The van der Waals surface area contributed by atoms with Crippen LogP contribution in [0.25, 0.3) is 0 Å². The average Bonchev–Trinajstić information content (AvgIpc) is 2.25. The van der Waals surface area contributed by atoms with Gasteiger partial charge in [0.25, 0.3) is 0 Å². The zero-order chi connectivity index (χ0) is 12.1. The number of nitrogens with one attached hydrogen (secondary N) is 1. The summed E-state index contributed by atoms with van der Waals surface area (Å²) in [6.07, 6.45) is 0. The number of methoxy groups -OCH3 is 1. The van der Waals surface area contributed by atoms with Gasteiger partial charge in [-0.2, -0.15) is 0 Å². The van der Waals surface area contributed by atoms with Crippen molar-refractivity contribution in [3.63, 3.8) is 0 Å². The second kappa shape index (κ2) is 5.86. The minimum absolute atomic E-state index is 0.179. The molecule has 0 aliphatic carbocycles. The Morgan fingerprint density at radius 1 is 1.62 bits per heavy atom. The SMILES string of the molecule is COc1ccc(Br)cc1CNC(=O)C(C)N. The van der Waals surface area contributed by atoms with Gasteiger partial charge in [0.05, 0.1) is 13.2 Å². The van der Waals surface area contributed by atoms with E-state index in [9.17, 15) is 4.79 Å². The van der Waals surface area contributed by atoms with Gasteiger partial charge in [0.1, 0.15) is 5.75 Å². The molecule has 1 unspecified atom stereocenters. The highest BCUT2D eigenvalue weighted by Gasteiger charge is 2.09. The van der Waals surface area contributed by atoms with Crippen LogP contribution in [0.5, 0.6) is 5.75 Å². The van der Waals surface area contributed by atoms with Gasteiger partial charge >= 0.3 is 0 Å². The van der Waals surface area contributed by atoms with E-state index in [-0.39, 0.29) is 5.91 Å². The summed E-state index contributed by atoms with van der Waals surface area (Å²) in [5.41, 5.74) is 6.36. The van der Waals surface area contributed by atoms with Crippen LogP contribution in [0, 0.1) is 0 Å². The van der Waals surface area contributed by atoms with E-state index in [1.807, 2.05) is 18.2 Å². The van der Waals surface area contributed by atoms with Gasteiger partial charge in [-0.15, -0.1) is 0 Å². The Balaban J connectivity index is 2.72. The molecule has 5 heteroatoms. The quantitative estimate of drug-likeness (QED) is 0.880. The third-order valence-electron chi connectivity index (χ3n) is 2.11. The average molecular weight is 287 g/mol. The number of carbonyl (C=O) groups excluding carboxylic acids is 1. The molecule has 1 rings (SSSR count). The molecule has 4 nitrogen and oxygen atoms in total. The molecular weight excluding hydrogens is 272 g/mol. The first kappa shape index (κ1) is 13.0. The first-order chi connectivity index (χ1) is 7.54. The summed E-state index contributed by atoms with van der Waals surface area (Å²) in [6, 6.07) is 5.13. The minimum atomic E-state index is -0.502. The van der Waals surface area contributed by atoms with Gasteiger partial charge in [0, 0.05) is 16.6 Å². The van der Waals surface area contributed by atoms with Crippen molar-refractivity contribution in [1.29, 1.82) is 0 Å². The van der Waals surface area contributed by atoms with Gasteiger partial charge in [-0.25, -0.2) is 0 Å². The Morgan fingerprint density at radius 3 is 2.88 bits per heavy atom. The molecule has 0 aliphatic rings. The molecule has 0 aromatic heterocycles. The van der Waals surface area contributed by atoms with Crippen LogP contribution >= 0.6 is 15.9 Å². The van der Waals surface area contributed by atoms with Gasteiger partial charge in [-0.1, -0.05) is 15.9 Å². The second-order valence-corrected chi connectivity index (χ2v) is 4.38. The van der Waals surface area contributed by atoms with E-state index in [1.165, 1.54) is 0 Å². The van der Waals surface area contributed by atoms with Gasteiger partial charge in [0.15, 0.2) is 0 Å². The summed E-state index contributed by atoms with van der Waals surface area (Å²) in [5.74, 6) is 0.565. The number of benzene rings is 1. The zero-order valence-electron chi connectivity index (χ0n) is 9.29. The number of hydrogen-bond donors (Lipinski definition) is 2. The van der Waals surface area contributed by atoms with E-state index in [4.69, 9.17) is 10.5 Å². The molecule has 0 spiro atoms. The molecule has 1 aromatic rings. The molecule has 0 radical (unpaired) electrons. The molecule has 1 atom stereocenters. The second-order valence-electron chi connectivity index (χ2n) is 3.46. The van der Waals surface area contributed by atoms with E-state index < -0.39 is 6.04 Å². The van der Waals surface area contributed by atoms with E-state index in [2.05, 4.69) is 21.2 Å². The molecule has 88 valence electrons. The Morgan fingerprint density at radius 2 is 2.31 bits per heavy atom. The Bertz CT molecular complexity index is 380. The molecule has 3 N–H and O–H groups in total. The van der Waals surface area contributed by atoms with E-state index in [1.54, 1.807) is 14.0 Å². The number of halogens is 1. The third-order valence-corrected chi connectivity index (χ3v) is 2.60. The topological polar surface area (TPSA) is 64.3 Å². The lowest BCUT2D eigenvalue weighted by molar-refractivity contribution is -0.122. The van der Waals surface area contributed by atoms with Crippen LogP contribution in [-0.2, 0) is 11.3 Å². The van der Waals surface area contributed by atoms with Crippen molar-refractivity contribution >= 4 is 21.8 Å². The van der Waals surface area contributed by atoms with Gasteiger partial charge in [0.2, 0.25) is 5.91 Å². The lowest BCUT2D eigenvalue weighted by Crippen LogP contribution is -2.37. The van der Waals surface area contributed by atoms with Crippen molar-refractivity contribution in [2.75, 3.05) is 7.11 Å². The summed E-state index contributed by atoms with van der Waals surface area (Å²) in [7, 11) is 1.60. The van der Waals surface area contributed by atoms with Crippen molar-refractivity contribution in [3.05, 3.63) is 28.2 Å². The molecule has 0 saturated heterocycles. The van der Waals surface area contributed by atoms with E-state index in [0.29, 0.717) is 6.54 Å². The van der Waals surface area contributed by atoms with E-state index >= 15 is 0 Å². The van der Waals surface area contributed by atoms with Crippen LogP contribution in [0.2, 0.25) is 0 Å². The van der Waals surface area contributed by atoms with Crippen LogP contribution in [0.3, 0.4) is 0 Å². The molecule has 1 amide bonds. The summed E-state index contributed by atoms with van der Waals surface area (Å²) >= 11 is 3.37. The molecule has 16 heavy (non-hydrogen) atoms. The van der Waals surface area contributed by atoms with Crippen LogP contribution in [0.4, 0.5) is 0 Å². The normalized spacial score (nSPS) is 12.0. The number of amides is 1. The molecular formula is C11H15BrN2O2. The fraction of sp³-hybridized carbons (Fsp3) is 0.364. The minimum Gasteiger partial charge on any atom is -0.496 e. The van der Waals surface area contributed by atoms with Crippen LogP contribution < -0.4 is 15.8 Å². The highest BCUT2D eigenvalue weighted by molar-refractivity contribution is 9.10. The Hall–Kier alpha value is -1.07. The molecule has 0 aliphatic heterocycles.